The number of aromatic nitrogens is 1. The number of hydrogen-bond acceptors (Lipinski definition) is 3. The van der Waals surface area contributed by atoms with Gasteiger partial charge in [-0.15, -0.1) is 11.8 Å². The van der Waals surface area contributed by atoms with Crippen molar-refractivity contribution in [2.45, 2.75) is 10.6 Å². The van der Waals surface area contributed by atoms with Crippen LogP contribution < -0.4 is 5.73 Å². The molecule has 1 heterocycles. The highest BCUT2D eigenvalue weighted by Gasteiger charge is 2.03. The summed E-state index contributed by atoms with van der Waals surface area (Å²) in [5.41, 5.74) is 9.12. The van der Waals surface area contributed by atoms with Gasteiger partial charge in [-0.2, -0.15) is 0 Å². The molecule has 4 heteroatoms. The first-order valence-corrected chi connectivity index (χ1v) is 8.02. The largest absolute Gasteiger partial charge is 0.398 e. The molecule has 3 rings (SSSR count). The summed E-state index contributed by atoms with van der Waals surface area (Å²) in [7, 11) is 0. The average Bonchev–Trinajstić information content (AvgIpc) is 2.48. The Balaban J connectivity index is 1.81. The Labute approximate surface area is 130 Å². The first-order valence-electron chi connectivity index (χ1n) is 6.24. The van der Waals surface area contributed by atoms with E-state index in [1.807, 2.05) is 24.4 Å². The van der Waals surface area contributed by atoms with Gasteiger partial charge in [0, 0.05) is 32.4 Å². The number of benzene rings is 2. The van der Waals surface area contributed by atoms with Gasteiger partial charge < -0.3 is 5.73 Å². The SMILES string of the molecule is Nc1ccc(Br)cc1SCc1ccc2ncccc2c1. The van der Waals surface area contributed by atoms with E-state index in [1.165, 1.54) is 10.9 Å². The van der Waals surface area contributed by atoms with Crippen LogP contribution in [0.5, 0.6) is 0 Å². The predicted octanol–water partition coefficient (Wildman–Crippen LogP) is 4.87. The number of nitrogens with zero attached hydrogens (tertiary/aromatic N) is 1. The number of hydrogen-bond donors (Lipinski definition) is 1. The van der Waals surface area contributed by atoms with Crippen molar-refractivity contribution in [3.05, 3.63) is 64.8 Å². The topological polar surface area (TPSA) is 38.9 Å². The van der Waals surface area contributed by atoms with Crippen LogP contribution in [0.15, 0.2) is 64.1 Å². The molecule has 0 aliphatic rings. The molecule has 20 heavy (non-hydrogen) atoms. The van der Waals surface area contributed by atoms with Crippen LogP contribution in [0.1, 0.15) is 5.56 Å². The van der Waals surface area contributed by atoms with Crippen molar-refractivity contribution >= 4 is 44.3 Å². The molecule has 0 fully saturated rings. The fourth-order valence-corrected chi connectivity index (χ4v) is 3.47. The molecule has 0 radical (unpaired) electrons. The van der Waals surface area contributed by atoms with E-state index in [0.717, 1.165) is 26.3 Å². The number of thioether (sulfide) groups is 1. The number of nitrogen functional groups attached to an aromatic ring is 1. The summed E-state index contributed by atoms with van der Waals surface area (Å²) in [6.07, 6.45) is 1.82. The molecule has 2 aromatic carbocycles. The van der Waals surface area contributed by atoms with Crippen LogP contribution in [0.4, 0.5) is 5.69 Å². The highest BCUT2D eigenvalue weighted by atomic mass is 79.9. The van der Waals surface area contributed by atoms with Crippen LogP contribution in [-0.4, -0.2) is 4.98 Å². The minimum absolute atomic E-state index is 0.820. The third-order valence-corrected chi connectivity index (χ3v) is 4.67. The molecule has 3 aromatic rings. The second-order valence-corrected chi connectivity index (χ2v) is 6.43. The first-order chi connectivity index (χ1) is 9.72. The van der Waals surface area contributed by atoms with Gasteiger partial charge in [-0.25, -0.2) is 0 Å². The number of pyridine rings is 1. The number of nitrogens with two attached hydrogens (primary N) is 1. The smallest absolute Gasteiger partial charge is 0.0702 e. The maximum atomic E-state index is 5.99. The fraction of sp³-hybridized carbons (Fsp3) is 0.0625. The van der Waals surface area contributed by atoms with Crippen LogP contribution in [0.25, 0.3) is 10.9 Å². The molecule has 0 atom stereocenters. The molecule has 0 bridgehead atoms. The van der Waals surface area contributed by atoms with E-state index in [-0.39, 0.29) is 0 Å². The van der Waals surface area contributed by atoms with E-state index < -0.39 is 0 Å². The van der Waals surface area contributed by atoms with E-state index in [9.17, 15) is 0 Å². The van der Waals surface area contributed by atoms with E-state index in [4.69, 9.17) is 5.73 Å². The lowest BCUT2D eigenvalue weighted by atomic mass is 10.1. The molecule has 0 aliphatic heterocycles. The first kappa shape index (κ1) is 13.5. The van der Waals surface area contributed by atoms with Crippen LogP contribution in [0, 0.1) is 0 Å². The number of fused-ring (bicyclic) bond motifs is 1. The Morgan fingerprint density at radius 1 is 1.10 bits per heavy atom. The lowest BCUT2D eigenvalue weighted by Gasteiger charge is -2.07. The maximum Gasteiger partial charge on any atom is 0.0702 e. The fourth-order valence-electron chi connectivity index (χ4n) is 2.01. The monoisotopic (exact) mass is 344 g/mol. The van der Waals surface area contributed by atoms with Crippen molar-refractivity contribution in [3.8, 4) is 0 Å². The number of rotatable bonds is 3. The molecule has 0 spiro atoms. The minimum Gasteiger partial charge on any atom is -0.398 e. The molecule has 2 N–H and O–H groups in total. The van der Waals surface area contributed by atoms with Gasteiger partial charge >= 0.3 is 0 Å². The van der Waals surface area contributed by atoms with Crippen LogP contribution in [0.2, 0.25) is 0 Å². The van der Waals surface area contributed by atoms with Crippen molar-refractivity contribution in [1.29, 1.82) is 0 Å². The molecule has 0 amide bonds. The standard InChI is InChI=1S/C16H13BrN2S/c17-13-4-5-14(18)16(9-13)20-10-11-3-6-15-12(8-11)2-1-7-19-15/h1-9H,10,18H2. The van der Waals surface area contributed by atoms with E-state index in [2.05, 4.69) is 51.2 Å². The summed E-state index contributed by atoms with van der Waals surface area (Å²) < 4.78 is 1.05. The zero-order valence-corrected chi connectivity index (χ0v) is 13.1. The van der Waals surface area contributed by atoms with Crippen molar-refractivity contribution in [1.82, 2.24) is 4.98 Å². The molecule has 0 saturated heterocycles. The Kier molecular flexibility index (Phi) is 3.94. The summed E-state index contributed by atoms with van der Waals surface area (Å²) in [5, 5.41) is 1.17. The average molecular weight is 345 g/mol. The highest BCUT2D eigenvalue weighted by molar-refractivity contribution is 9.10. The molecule has 0 aliphatic carbocycles. The molecule has 2 nitrogen and oxygen atoms in total. The molecular formula is C16H13BrN2S. The zero-order chi connectivity index (χ0) is 13.9. The molecule has 1 aromatic heterocycles. The van der Waals surface area contributed by atoms with Gasteiger partial charge in [0.15, 0.2) is 0 Å². The Morgan fingerprint density at radius 3 is 2.90 bits per heavy atom. The minimum atomic E-state index is 0.820. The van der Waals surface area contributed by atoms with Gasteiger partial charge in [0.05, 0.1) is 5.52 Å². The van der Waals surface area contributed by atoms with E-state index >= 15 is 0 Å². The molecule has 0 saturated carbocycles. The Morgan fingerprint density at radius 2 is 2.00 bits per heavy atom. The normalized spacial score (nSPS) is 10.8. The highest BCUT2D eigenvalue weighted by Crippen LogP contribution is 2.31. The number of halogens is 1. The summed E-state index contributed by atoms with van der Waals surface area (Å²) in [4.78, 5) is 5.44. The van der Waals surface area contributed by atoms with Gasteiger partial charge in [-0.05, 0) is 42.0 Å². The van der Waals surface area contributed by atoms with Gasteiger partial charge in [0.1, 0.15) is 0 Å². The van der Waals surface area contributed by atoms with Gasteiger partial charge in [-0.1, -0.05) is 28.1 Å². The lowest BCUT2D eigenvalue weighted by molar-refractivity contribution is 1.36. The lowest BCUT2D eigenvalue weighted by Crippen LogP contribution is -1.89. The van der Waals surface area contributed by atoms with Gasteiger partial charge in [0.25, 0.3) is 0 Å². The molecular weight excluding hydrogens is 332 g/mol. The van der Waals surface area contributed by atoms with Crippen LogP contribution in [0.3, 0.4) is 0 Å². The Hall–Kier alpha value is -1.52. The molecule has 0 unspecified atom stereocenters. The van der Waals surface area contributed by atoms with Crippen molar-refractivity contribution < 1.29 is 0 Å². The third kappa shape index (κ3) is 2.97. The quantitative estimate of drug-likeness (QED) is 0.544. The summed E-state index contributed by atoms with van der Waals surface area (Å²) in [5.74, 6) is 0.894. The predicted molar refractivity (Wildman–Crippen MR) is 89.9 cm³/mol. The van der Waals surface area contributed by atoms with Crippen LogP contribution >= 0.6 is 27.7 Å². The Bertz CT molecular complexity index is 758. The van der Waals surface area contributed by atoms with E-state index in [0.29, 0.717) is 0 Å². The van der Waals surface area contributed by atoms with Crippen molar-refractivity contribution in [2.75, 3.05) is 5.73 Å². The number of anilines is 1. The molecule has 100 valence electrons. The second kappa shape index (κ2) is 5.85. The van der Waals surface area contributed by atoms with E-state index in [1.54, 1.807) is 11.8 Å². The van der Waals surface area contributed by atoms with Crippen LogP contribution in [-0.2, 0) is 5.75 Å². The zero-order valence-electron chi connectivity index (χ0n) is 10.7. The third-order valence-electron chi connectivity index (χ3n) is 3.04. The summed E-state index contributed by atoms with van der Waals surface area (Å²) in [6.45, 7) is 0. The second-order valence-electron chi connectivity index (χ2n) is 4.50. The van der Waals surface area contributed by atoms with Gasteiger partial charge in [0.2, 0.25) is 0 Å². The van der Waals surface area contributed by atoms with Gasteiger partial charge in [-0.3, -0.25) is 4.98 Å². The summed E-state index contributed by atoms with van der Waals surface area (Å²) >= 11 is 5.23. The summed E-state index contributed by atoms with van der Waals surface area (Å²) in [6, 6.07) is 16.4. The maximum absolute atomic E-state index is 5.99. The van der Waals surface area contributed by atoms with Crippen molar-refractivity contribution in [2.24, 2.45) is 0 Å². The van der Waals surface area contributed by atoms with Crippen molar-refractivity contribution in [3.63, 3.8) is 0 Å².